The molecule has 1 rings (SSSR count). The van der Waals surface area contributed by atoms with E-state index in [2.05, 4.69) is 25.4 Å². The van der Waals surface area contributed by atoms with Gasteiger partial charge in [-0.2, -0.15) is 8.42 Å². The molecule has 0 bridgehead atoms. The predicted molar refractivity (Wildman–Crippen MR) is 67.9 cm³/mol. The molecule has 17 heavy (non-hydrogen) atoms. The Kier molecular flexibility index (Phi) is 5.18. The second kappa shape index (κ2) is 5.99. The first-order valence-corrected chi connectivity index (χ1v) is 7.15. The fraction of sp³-hybridized carbons (Fsp3) is 0.125. The maximum Gasteiger partial charge on any atom is 0.358 e. The molecule has 0 saturated heterocycles. The van der Waals surface area contributed by atoms with Crippen LogP contribution in [0.3, 0.4) is 0 Å². The fourth-order valence-corrected chi connectivity index (χ4v) is 2.48. The van der Waals surface area contributed by atoms with Crippen LogP contribution < -0.4 is 0 Å². The van der Waals surface area contributed by atoms with Gasteiger partial charge in [0.05, 0.1) is 10.0 Å². The van der Waals surface area contributed by atoms with Crippen molar-refractivity contribution in [2.75, 3.05) is 6.01 Å². The zero-order valence-electron chi connectivity index (χ0n) is 8.03. The van der Waals surface area contributed by atoms with E-state index in [1.54, 1.807) is 6.07 Å². The van der Waals surface area contributed by atoms with Crippen LogP contribution in [0.1, 0.15) is 5.56 Å². The summed E-state index contributed by atoms with van der Waals surface area (Å²) in [6.45, 7) is 0. The second-order valence-electron chi connectivity index (χ2n) is 2.72. The maximum absolute atomic E-state index is 11.9. The standard InChI is InChI=1S/C8H5BrCl2FNO3S/c9-8(13-16-17(14,15)4-12)7-5(10)2-1-3-6(7)11/h1-3H,4H2/b13-8+. The zero-order chi connectivity index (χ0) is 13.1. The first-order valence-electron chi connectivity index (χ1n) is 4.02. The van der Waals surface area contributed by atoms with E-state index in [0.717, 1.165) is 0 Å². The molecule has 0 aliphatic carbocycles. The Morgan fingerprint density at radius 3 is 2.41 bits per heavy atom. The Bertz CT molecular complexity index is 529. The summed E-state index contributed by atoms with van der Waals surface area (Å²) in [6.07, 6.45) is 0. The average Bonchev–Trinajstić information content (AvgIpc) is 2.26. The summed E-state index contributed by atoms with van der Waals surface area (Å²) in [7, 11) is -4.32. The Morgan fingerprint density at radius 1 is 1.41 bits per heavy atom. The molecule has 0 saturated carbocycles. The molecule has 1 aromatic rings. The number of benzene rings is 1. The van der Waals surface area contributed by atoms with Crippen LogP contribution in [0.4, 0.5) is 4.39 Å². The van der Waals surface area contributed by atoms with E-state index in [9.17, 15) is 12.8 Å². The molecule has 4 nitrogen and oxygen atoms in total. The van der Waals surface area contributed by atoms with Crippen LogP contribution in [0, 0.1) is 0 Å². The average molecular weight is 365 g/mol. The topological polar surface area (TPSA) is 55.7 Å². The summed E-state index contributed by atoms with van der Waals surface area (Å²) < 4.78 is 37.3. The third-order valence-corrected chi connectivity index (χ3v) is 3.27. The number of alkyl halides is 1. The fourth-order valence-electron chi connectivity index (χ4n) is 0.850. The first kappa shape index (κ1) is 14.7. The van der Waals surface area contributed by atoms with Crippen molar-refractivity contribution in [2.45, 2.75) is 0 Å². The van der Waals surface area contributed by atoms with Crippen LogP contribution in [0.5, 0.6) is 0 Å². The van der Waals surface area contributed by atoms with E-state index in [0.29, 0.717) is 0 Å². The van der Waals surface area contributed by atoms with Crippen LogP contribution in [-0.4, -0.2) is 19.0 Å². The van der Waals surface area contributed by atoms with Crippen LogP contribution >= 0.6 is 39.1 Å². The van der Waals surface area contributed by atoms with Crippen LogP contribution in [0.15, 0.2) is 23.4 Å². The van der Waals surface area contributed by atoms with Crippen LogP contribution in [0.25, 0.3) is 0 Å². The lowest BCUT2D eigenvalue weighted by atomic mass is 10.2. The minimum Gasteiger partial charge on any atom is -0.265 e. The number of hydrogen-bond acceptors (Lipinski definition) is 4. The van der Waals surface area contributed by atoms with Gasteiger partial charge in [0.1, 0.15) is 0 Å². The summed E-state index contributed by atoms with van der Waals surface area (Å²) in [5, 5.41) is 3.68. The molecule has 0 fully saturated rings. The zero-order valence-corrected chi connectivity index (χ0v) is 11.9. The SMILES string of the molecule is O=S(=O)(CF)O/N=C(/Br)c1c(Cl)cccc1Cl. The van der Waals surface area contributed by atoms with Gasteiger partial charge in [0.25, 0.3) is 0 Å². The van der Waals surface area contributed by atoms with Crippen molar-refractivity contribution in [1.29, 1.82) is 0 Å². The lowest BCUT2D eigenvalue weighted by Gasteiger charge is -2.04. The Balaban J connectivity index is 3.05. The second-order valence-corrected chi connectivity index (χ2v) is 5.77. The lowest BCUT2D eigenvalue weighted by molar-refractivity contribution is 0.328. The van der Waals surface area contributed by atoms with E-state index < -0.39 is 16.1 Å². The normalized spacial score (nSPS) is 12.6. The minimum atomic E-state index is -4.32. The van der Waals surface area contributed by atoms with E-state index in [1.807, 2.05) is 0 Å². The molecule has 0 heterocycles. The van der Waals surface area contributed by atoms with Crippen LogP contribution in [-0.2, 0) is 14.4 Å². The molecule has 0 aliphatic rings. The van der Waals surface area contributed by atoms with Crippen molar-refractivity contribution >= 4 is 53.9 Å². The monoisotopic (exact) mass is 363 g/mol. The van der Waals surface area contributed by atoms with Gasteiger partial charge in [-0.05, 0) is 28.1 Å². The van der Waals surface area contributed by atoms with Gasteiger partial charge >= 0.3 is 10.1 Å². The molecule has 0 spiro atoms. The highest BCUT2D eigenvalue weighted by atomic mass is 79.9. The molecule has 0 atom stereocenters. The highest BCUT2D eigenvalue weighted by molar-refractivity contribution is 9.18. The molecule has 0 radical (unpaired) electrons. The number of halogens is 4. The van der Waals surface area contributed by atoms with Crippen LogP contribution in [0.2, 0.25) is 10.0 Å². The van der Waals surface area contributed by atoms with E-state index in [-0.39, 0.29) is 20.2 Å². The van der Waals surface area contributed by atoms with Gasteiger partial charge in [0.2, 0.25) is 6.01 Å². The van der Waals surface area contributed by atoms with Crippen molar-refractivity contribution in [1.82, 2.24) is 0 Å². The molecule has 0 amide bonds. The van der Waals surface area contributed by atoms with Crippen molar-refractivity contribution < 1.29 is 17.1 Å². The van der Waals surface area contributed by atoms with Crippen molar-refractivity contribution in [2.24, 2.45) is 5.16 Å². The summed E-state index contributed by atoms with van der Waals surface area (Å²) in [5.74, 6) is 0. The van der Waals surface area contributed by atoms with Gasteiger partial charge in [-0.25, -0.2) is 4.39 Å². The number of oxime groups is 1. The Hall–Kier alpha value is -0.370. The van der Waals surface area contributed by atoms with E-state index in [1.165, 1.54) is 12.1 Å². The van der Waals surface area contributed by atoms with Crippen molar-refractivity contribution in [3.8, 4) is 0 Å². The van der Waals surface area contributed by atoms with Crippen molar-refractivity contribution in [3.05, 3.63) is 33.8 Å². The highest BCUT2D eigenvalue weighted by Gasteiger charge is 2.14. The van der Waals surface area contributed by atoms with E-state index in [4.69, 9.17) is 23.2 Å². The molecule has 0 aromatic heterocycles. The largest absolute Gasteiger partial charge is 0.358 e. The third kappa shape index (κ3) is 4.09. The predicted octanol–water partition coefficient (Wildman–Crippen LogP) is 3.32. The molecule has 1 aromatic carbocycles. The highest BCUT2D eigenvalue weighted by Crippen LogP contribution is 2.27. The minimum absolute atomic E-state index is 0.0508. The Labute approximate surface area is 116 Å². The number of nitrogens with zero attached hydrogens (tertiary/aromatic N) is 1. The quantitative estimate of drug-likeness (QED) is 0.608. The lowest BCUT2D eigenvalue weighted by Crippen LogP contribution is -2.05. The van der Waals surface area contributed by atoms with Crippen molar-refractivity contribution in [3.63, 3.8) is 0 Å². The van der Waals surface area contributed by atoms with Gasteiger partial charge in [-0.15, -0.1) is 0 Å². The molecular formula is C8H5BrCl2FNO3S. The summed E-state index contributed by atoms with van der Waals surface area (Å²) in [5.41, 5.74) is 0.255. The van der Waals surface area contributed by atoms with Gasteiger partial charge in [0.15, 0.2) is 4.62 Å². The Morgan fingerprint density at radius 2 is 1.94 bits per heavy atom. The van der Waals surface area contributed by atoms with E-state index >= 15 is 0 Å². The maximum atomic E-state index is 11.9. The summed E-state index contributed by atoms with van der Waals surface area (Å²) in [6, 6.07) is 2.99. The molecular weight excluding hydrogens is 360 g/mol. The van der Waals surface area contributed by atoms with Gasteiger partial charge < -0.3 is 0 Å². The first-order chi connectivity index (χ1) is 7.87. The summed E-state index contributed by atoms with van der Waals surface area (Å²) >= 11 is 14.6. The molecule has 0 unspecified atom stereocenters. The molecule has 94 valence electrons. The van der Waals surface area contributed by atoms with Gasteiger partial charge in [0, 0.05) is 5.56 Å². The molecule has 0 N–H and O–H groups in total. The summed E-state index contributed by atoms with van der Waals surface area (Å²) in [4.78, 5) is 0. The van der Waals surface area contributed by atoms with Gasteiger partial charge in [-0.1, -0.05) is 34.4 Å². The third-order valence-electron chi connectivity index (χ3n) is 1.53. The number of rotatable bonds is 4. The van der Waals surface area contributed by atoms with Gasteiger partial charge in [-0.3, -0.25) is 4.28 Å². The molecule has 0 aliphatic heterocycles. The smallest absolute Gasteiger partial charge is 0.265 e. The number of hydrogen-bond donors (Lipinski definition) is 0. The molecule has 9 heteroatoms.